The molecule has 30 heavy (non-hydrogen) atoms. The number of halogens is 3. The highest BCUT2D eigenvalue weighted by molar-refractivity contribution is 7.12. The van der Waals surface area contributed by atoms with Gasteiger partial charge in [0.1, 0.15) is 18.1 Å². The zero-order chi connectivity index (χ0) is 21.8. The van der Waals surface area contributed by atoms with Crippen LogP contribution in [0.4, 0.5) is 14.5 Å². The van der Waals surface area contributed by atoms with E-state index in [1.54, 1.807) is 6.07 Å². The normalized spacial score (nSPS) is 10.9. The van der Waals surface area contributed by atoms with Gasteiger partial charge in [0.15, 0.2) is 0 Å². The summed E-state index contributed by atoms with van der Waals surface area (Å²) in [5, 5.41) is 4.54. The van der Waals surface area contributed by atoms with E-state index in [-0.39, 0.29) is 16.7 Å². The Morgan fingerprint density at radius 1 is 1.13 bits per heavy atom. The van der Waals surface area contributed by atoms with Crippen molar-refractivity contribution in [2.45, 2.75) is 34.0 Å². The number of thiophene rings is 1. The molecule has 2 aromatic carbocycles. The van der Waals surface area contributed by atoms with Crippen LogP contribution >= 0.6 is 22.9 Å². The molecule has 3 rings (SSSR count). The Kier molecular flexibility index (Phi) is 6.95. The van der Waals surface area contributed by atoms with Gasteiger partial charge in [-0.2, -0.15) is 8.78 Å². The molecule has 0 bridgehead atoms. The van der Waals surface area contributed by atoms with Crippen LogP contribution in [-0.2, 0) is 6.61 Å². The second kappa shape index (κ2) is 9.45. The molecule has 1 amide bonds. The number of carbonyl (C=O) groups excluding carboxylic acids is 1. The molecule has 0 radical (unpaired) electrons. The van der Waals surface area contributed by atoms with Crippen molar-refractivity contribution in [1.82, 2.24) is 0 Å². The number of anilines is 1. The summed E-state index contributed by atoms with van der Waals surface area (Å²) in [5.41, 5.74) is 4.64. The highest BCUT2D eigenvalue weighted by Crippen LogP contribution is 2.30. The summed E-state index contributed by atoms with van der Waals surface area (Å²) in [6, 6.07) is 9.94. The van der Waals surface area contributed by atoms with Crippen LogP contribution in [0.1, 0.15) is 31.9 Å². The van der Waals surface area contributed by atoms with E-state index in [1.165, 1.54) is 35.1 Å². The Morgan fingerprint density at radius 2 is 1.90 bits per heavy atom. The second-order valence-corrected chi connectivity index (χ2v) is 8.11. The average molecular weight is 452 g/mol. The Hall–Kier alpha value is -2.64. The molecule has 4 nitrogen and oxygen atoms in total. The van der Waals surface area contributed by atoms with Gasteiger partial charge in [-0.15, -0.1) is 11.3 Å². The fraction of sp³-hybridized carbons (Fsp3) is 0.227. The number of hydrogen-bond acceptors (Lipinski definition) is 4. The number of amides is 1. The largest absolute Gasteiger partial charge is 0.489 e. The summed E-state index contributed by atoms with van der Waals surface area (Å²) in [7, 11) is 0. The van der Waals surface area contributed by atoms with Gasteiger partial charge in [0.2, 0.25) is 0 Å². The number of nitrogens with one attached hydrogen (secondary N) is 1. The van der Waals surface area contributed by atoms with Crippen molar-refractivity contribution in [3.05, 3.63) is 73.9 Å². The summed E-state index contributed by atoms with van der Waals surface area (Å²) in [6.07, 6.45) is 0. The molecule has 1 heterocycles. The summed E-state index contributed by atoms with van der Waals surface area (Å²) >= 11 is 7.21. The van der Waals surface area contributed by atoms with Crippen LogP contribution in [0, 0.1) is 20.8 Å². The lowest BCUT2D eigenvalue weighted by Gasteiger charge is -2.11. The summed E-state index contributed by atoms with van der Waals surface area (Å²) in [5.74, 6) is 0.347. The van der Waals surface area contributed by atoms with E-state index in [0.717, 1.165) is 22.4 Å². The molecule has 0 unspecified atom stereocenters. The molecular weight excluding hydrogens is 432 g/mol. The van der Waals surface area contributed by atoms with E-state index in [2.05, 4.69) is 16.1 Å². The third-order valence-electron chi connectivity index (χ3n) is 4.44. The van der Waals surface area contributed by atoms with E-state index in [0.29, 0.717) is 17.2 Å². The molecule has 0 aliphatic carbocycles. The summed E-state index contributed by atoms with van der Waals surface area (Å²) < 4.78 is 34.8. The fourth-order valence-corrected chi connectivity index (χ4v) is 3.86. The van der Waals surface area contributed by atoms with Crippen molar-refractivity contribution >= 4 is 34.5 Å². The van der Waals surface area contributed by atoms with Gasteiger partial charge in [-0.3, -0.25) is 4.79 Å². The van der Waals surface area contributed by atoms with Crippen molar-refractivity contribution in [2.75, 3.05) is 5.32 Å². The Balaban J connectivity index is 1.63. The number of carbonyl (C=O) groups is 1. The Morgan fingerprint density at radius 3 is 2.60 bits per heavy atom. The summed E-state index contributed by atoms with van der Waals surface area (Å²) in [6.45, 7) is 3.45. The minimum atomic E-state index is -2.97. The number of rotatable bonds is 7. The molecule has 1 N–H and O–H groups in total. The van der Waals surface area contributed by atoms with Crippen molar-refractivity contribution in [3.8, 4) is 11.5 Å². The third kappa shape index (κ3) is 5.49. The minimum absolute atomic E-state index is 0.0165. The molecule has 0 aliphatic rings. The van der Waals surface area contributed by atoms with Gasteiger partial charge in [-0.25, -0.2) is 0 Å². The van der Waals surface area contributed by atoms with Crippen LogP contribution in [-0.4, -0.2) is 12.5 Å². The van der Waals surface area contributed by atoms with Crippen LogP contribution in [0.25, 0.3) is 0 Å². The quantitative estimate of drug-likeness (QED) is 0.431. The van der Waals surface area contributed by atoms with Crippen LogP contribution in [0.15, 0.2) is 41.8 Å². The van der Waals surface area contributed by atoms with E-state index in [1.807, 2.05) is 32.2 Å². The molecule has 0 saturated carbocycles. The van der Waals surface area contributed by atoms with E-state index in [4.69, 9.17) is 16.3 Å². The fourth-order valence-electron chi connectivity index (χ4n) is 2.84. The average Bonchev–Trinajstić information content (AvgIpc) is 3.14. The third-order valence-corrected chi connectivity index (χ3v) is 5.71. The first-order chi connectivity index (χ1) is 14.2. The number of benzene rings is 2. The van der Waals surface area contributed by atoms with Crippen LogP contribution in [0.2, 0.25) is 5.02 Å². The van der Waals surface area contributed by atoms with E-state index >= 15 is 0 Å². The van der Waals surface area contributed by atoms with Gasteiger partial charge in [0, 0.05) is 11.3 Å². The molecule has 8 heteroatoms. The zero-order valence-electron chi connectivity index (χ0n) is 16.6. The predicted octanol–water partition coefficient (Wildman–Crippen LogP) is 6.76. The number of alkyl halides is 2. The highest BCUT2D eigenvalue weighted by Gasteiger charge is 2.13. The van der Waals surface area contributed by atoms with Crippen LogP contribution < -0.4 is 14.8 Å². The monoisotopic (exact) mass is 451 g/mol. The molecule has 0 atom stereocenters. The second-order valence-electron chi connectivity index (χ2n) is 6.79. The molecule has 0 aliphatic heterocycles. The maximum Gasteiger partial charge on any atom is 0.387 e. The lowest BCUT2D eigenvalue weighted by molar-refractivity contribution is -0.0497. The lowest BCUT2D eigenvalue weighted by Crippen LogP contribution is -2.10. The Labute approximate surface area is 182 Å². The highest BCUT2D eigenvalue weighted by atomic mass is 35.5. The molecule has 1 aromatic heterocycles. The van der Waals surface area contributed by atoms with Crippen LogP contribution in [0.3, 0.4) is 0 Å². The van der Waals surface area contributed by atoms with Gasteiger partial charge in [-0.1, -0.05) is 17.7 Å². The predicted molar refractivity (Wildman–Crippen MR) is 115 cm³/mol. The van der Waals surface area contributed by atoms with Crippen LogP contribution in [0.5, 0.6) is 11.5 Å². The zero-order valence-corrected chi connectivity index (χ0v) is 18.2. The lowest BCUT2D eigenvalue weighted by atomic mass is 10.1. The standard InChI is InChI=1S/C22H20ClF2NO3S/c1-12-6-13(2)14(3)19(7-12)28-10-15-8-20(30-11-15)21(27)26-16-4-5-18(17(23)9-16)29-22(24)25/h4-9,11,22H,10H2,1-3H3,(H,26,27). The summed E-state index contributed by atoms with van der Waals surface area (Å²) in [4.78, 5) is 13.0. The first-order valence-corrected chi connectivity index (χ1v) is 10.3. The van der Waals surface area contributed by atoms with Gasteiger partial charge in [-0.05, 0) is 73.2 Å². The number of aryl methyl sites for hydroxylation is 2. The van der Waals surface area contributed by atoms with Crippen molar-refractivity contribution in [2.24, 2.45) is 0 Å². The molecule has 158 valence electrons. The van der Waals surface area contributed by atoms with Gasteiger partial charge < -0.3 is 14.8 Å². The minimum Gasteiger partial charge on any atom is -0.489 e. The SMILES string of the molecule is Cc1cc(C)c(C)c(OCc2csc(C(=O)Nc3ccc(OC(F)F)c(Cl)c3)c2)c1. The molecule has 0 saturated heterocycles. The molecule has 0 spiro atoms. The van der Waals surface area contributed by atoms with Crippen molar-refractivity contribution in [1.29, 1.82) is 0 Å². The number of ether oxygens (including phenoxy) is 2. The van der Waals surface area contributed by atoms with Crippen molar-refractivity contribution < 1.29 is 23.0 Å². The van der Waals surface area contributed by atoms with E-state index < -0.39 is 6.61 Å². The first kappa shape index (κ1) is 22.1. The van der Waals surface area contributed by atoms with Gasteiger partial charge in [0.05, 0.1) is 9.90 Å². The Bertz CT molecular complexity index is 1070. The van der Waals surface area contributed by atoms with Gasteiger partial charge in [0.25, 0.3) is 5.91 Å². The first-order valence-electron chi connectivity index (χ1n) is 9.06. The number of hydrogen-bond donors (Lipinski definition) is 1. The molecule has 0 fully saturated rings. The van der Waals surface area contributed by atoms with Gasteiger partial charge >= 0.3 is 6.61 Å². The topological polar surface area (TPSA) is 47.6 Å². The molecular formula is C22H20ClF2NO3S. The van der Waals surface area contributed by atoms with E-state index in [9.17, 15) is 13.6 Å². The van der Waals surface area contributed by atoms with Crippen molar-refractivity contribution in [3.63, 3.8) is 0 Å². The molecule has 3 aromatic rings. The smallest absolute Gasteiger partial charge is 0.387 e. The maximum atomic E-state index is 12.5. The maximum absolute atomic E-state index is 12.5.